The van der Waals surface area contributed by atoms with Gasteiger partial charge in [0.2, 0.25) is 0 Å². The minimum Gasteiger partial charge on any atom is -0.394 e. The molecule has 0 radical (unpaired) electrons. The van der Waals surface area contributed by atoms with Crippen molar-refractivity contribution in [3.8, 4) is 0 Å². The number of nitrogens with one attached hydrogen (secondary N) is 1. The van der Waals surface area contributed by atoms with Gasteiger partial charge in [0.15, 0.2) is 0 Å². The number of aliphatic hydroxyl groups excluding tert-OH is 4. The van der Waals surface area contributed by atoms with E-state index < -0.39 is 31.0 Å². The Kier molecular flexibility index (Phi) is 5.00. The summed E-state index contributed by atoms with van der Waals surface area (Å²) < 4.78 is 0. The van der Waals surface area contributed by atoms with Crippen molar-refractivity contribution in [1.82, 2.24) is 5.32 Å². The van der Waals surface area contributed by atoms with E-state index in [0.29, 0.717) is 0 Å². The number of halogens is 1. The van der Waals surface area contributed by atoms with Crippen molar-refractivity contribution < 1.29 is 20.4 Å². The smallest absolute Gasteiger partial charge is 0.0990 e. The fourth-order valence-corrected chi connectivity index (χ4v) is 1.21. The fourth-order valence-electron chi connectivity index (χ4n) is 1.21. The second-order valence-corrected chi connectivity index (χ2v) is 2.74. The van der Waals surface area contributed by atoms with Crippen molar-refractivity contribution in [3.05, 3.63) is 0 Å². The molecule has 0 spiro atoms. The number of rotatable bonds is 2. The molecule has 1 aliphatic heterocycles. The molecule has 74 valence electrons. The Bertz CT molecular complexity index is 137. The van der Waals surface area contributed by atoms with Crippen LogP contribution in [0.3, 0.4) is 0 Å². The van der Waals surface area contributed by atoms with Crippen LogP contribution in [0, 0.1) is 0 Å². The lowest BCUT2D eigenvalue weighted by Crippen LogP contribution is -2.44. The molecule has 0 amide bonds. The molecule has 0 aliphatic carbocycles. The van der Waals surface area contributed by atoms with Crippen molar-refractivity contribution in [2.75, 3.05) is 13.2 Å². The summed E-state index contributed by atoms with van der Waals surface area (Å²) in [7, 11) is 0. The molecule has 1 heterocycles. The predicted octanol–water partition coefficient (Wildman–Crippen LogP) is -2.54. The SMILES string of the molecule is Cl.OC[C@@H](O)[C@H]1NC[C@H](O)[C@@H]1O. The second-order valence-electron chi connectivity index (χ2n) is 2.74. The van der Waals surface area contributed by atoms with Crippen LogP contribution in [0.2, 0.25) is 0 Å². The maximum atomic E-state index is 9.18. The third-order valence-electron chi connectivity index (χ3n) is 1.93. The lowest BCUT2D eigenvalue weighted by molar-refractivity contribution is -0.00977. The van der Waals surface area contributed by atoms with E-state index in [1.165, 1.54) is 0 Å². The molecule has 1 saturated heterocycles. The maximum absolute atomic E-state index is 9.18. The second kappa shape index (κ2) is 4.96. The minimum absolute atomic E-state index is 0. The van der Waals surface area contributed by atoms with E-state index in [1.807, 2.05) is 0 Å². The molecule has 5 N–H and O–H groups in total. The Balaban J connectivity index is 0.00000121. The Morgan fingerprint density at radius 2 is 2.00 bits per heavy atom. The van der Waals surface area contributed by atoms with Gasteiger partial charge in [0.1, 0.15) is 0 Å². The molecule has 0 bridgehead atoms. The summed E-state index contributed by atoms with van der Waals surface area (Å²) in [6, 6.07) is -0.616. The molecule has 0 saturated carbocycles. The first-order chi connectivity index (χ1) is 5.16. The molecule has 4 atom stereocenters. The zero-order valence-corrected chi connectivity index (χ0v) is 7.24. The first-order valence-electron chi connectivity index (χ1n) is 3.55. The van der Waals surface area contributed by atoms with E-state index in [9.17, 15) is 5.11 Å². The molecular formula is C6H14ClNO4. The van der Waals surface area contributed by atoms with E-state index >= 15 is 0 Å². The van der Waals surface area contributed by atoms with Crippen molar-refractivity contribution in [2.45, 2.75) is 24.4 Å². The molecule has 0 aromatic carbocycles. The minimum atomic E-state index is -1.01. The zero-order chi connectivity index (χ0) is 8.43. The van der Waals surface area contributed by atoms with Crippen molar-refractivity contribution >= 4 is 12.4 Å². The lowest BCUT2D eigenvalue weighted by atomic mass is 10.1. The highest BCUT2D eigenvalue weighted by molar-refractivity contribution is 5.85. The van der Waals surface area contributed by atoms with Gasteiger partial charge in [-0.1, -0.05) is 0 Å². The Morgan fingerprint density at radius 3 is 2.33 bits per heavy atom. The predicted molar refractivity (Wildman–Crippen MR) is 44.1 cm³/mol. The molecule has 5 nitrogen and oxygen atoms in total. The number of hydrogen-bond donors (Lipinski definition) is 5. The van der Waals surface area contributed by atoms with Crippen LogP contribution in [-0.4, -0.2) is 57.9 Å². The Labute approximate surface area is 76.4 Å². The van der Waals surface area contributed by atoms with Crippen LogP contribution in [0.15, 0.2) is 0 Å². The summed E-state index contributed by atoms with van der Waals surface area (Å²) >= 11 is 0. The van der Waals surface area contributed by atoms with E-state index in [-0.39, 0.29) is 19.0 Å². The molecule has 12 heavy (non-hydrogen) atoms. The highest BCUT2D eigenvalue weighted by atomic mass is 35.5. The van der Waals surface area contributed by atoms with Gasteiger partial charge in [-0.3, -0.25) is 0 Å². The van der Waals surface area contributed by atoms with Crippen LogP contribution in [0.4, 0.5) is 0 Å². The summed E-state index contributed by atoms with van der Waals surface area (Å²) in [5, 5.41) is 38.5. The monoisotopic (exact) mass is 199 g/mol. The molecule has 1 aliphatic rings. The van der Waals surface area contributed by atoms with Crippen LogP contribution in [-0.2, 0) is 0 Å². The zero-order valence-electron chi connectivity index (χ0n) is 6.42. The summed E-state index contributed by atoms with van der Waals surface area (Å²) in [5.74, 6) is 0. The third kappa shape index (κ3) is 2.29. The van der Waals surface area contributed by atoms with Gasteiger partial charge in [-0.2, -0.15) is 0 Å². The van der Waals surface area contributed by atoms with Crippen LogP contribution in [0.5, 0.6) is 0 Å². The largest absolute Gasteiger partial charge is 0.394 e. The van der Waals surface area contributed by atoms with E-state index in [0.717, 1.165) is 0 Å². The van der Waals surface area contributed by atoms with Gasteiger partial charge in [-0.15, -0.1) is 12.4 Å². The summed E-state index contributed by atoms with van der Waals surface area (Å²) in [4.78, 5) is 0. The van der Waals surface area contributed by atoms with Crippen LogP contribution in [0.25, 0.3) is 0 Å². The molecule has 0 unspecified atom stereocenters. The van der Waals surface area contributed by atoms with Gasteiger partial charge < -0.3 is 25.7 Å². The molecular weight excluding hydrogens is 186 g/mol. The highest BCUT2D eigenvalue weighted by Gasteiger charge is 2.36. The Morgan fingerprint density at radius 1 is 1.42 bits per heavy atom. The fraction of sp³-hybridized carbons (Fsp3) is 1.00. The van der Waals surface area contributed by atoms with Crippen molar-refractivity contribution in [3.63, 3.8) is 0 Å². The van der Waals surface area contributed by atoms with Crippen LogP contribution < -0.4 is 5.32 Å². The van der Waals surface area contributed by atoms with Gasteiger partial charge in [0.05, 0.1) is 31.0 Å². The van der Waals surface area contributed by atoms with Crippen molar-refractivity contribution in [2.24, 2.45) is 0 Å². The first kappa shape index (κ1) is 12.1. The maximum Gasteiger partial charge on any atom is 0.0990 e. The summed E-state index contributed by atoms with van der Waals surface area (Å²) in [6.07, 6.45) is -2.85. The molecule has 1 fully saturated rings. The lowest BCUT2D eigenvalue weighted by Gasteiger charge is -2.19. The van der Waals surface area contributed by atoms with Gasteiger partial charge >= 0.3 is 0 Å². The molecule has 0 aromatic rings. The van der Waals surface area contributed by atoms with Gasteiger partial charge in [0, 0.05) is 6.54 Å². The Hall–Kier alpha value is 0.0900. The normalized spacial score (nSPS) is 37.5. The molecule has 6 heteroatoms. The average molecular weight is 200 g/mol. The summed E-state index contributed by atoms with van der Waals surface area (Å²) in [5.41, 5.74) is 0. The number of hydrogen-bond acceptors (Lipinski definition) is 5. The van der Waals surface area contributed by atoms with E-state index in [1.54, 1.807) is 0 Å². The topological polar surface area (TPSA) is 93.0 Å². The molecule has 1 rings (SSSR count). The number of aliphatic hydroxyl groups is 4. The highest BCUT2D eigenvalue weighted by Crippen LogP contribution is 2.10. The quantitative estimate of drug-likeness (QED) is 0.338. The first-order valence-corrected chi connectivity index (χ1v) is 3.55. The van der Waals surface area contributed by atoms with Crippen LogP contribution >= 0.6 is 12.4 Å². The third-order valence-corrected chi connectivity index (χ3v) is 1.93. The summed E-state index contributed by atoms with van der Waals surface area (Å²) in [6.45, 7) is -0.162. The van der Waals surface area contributed by atoms with E-state index in [4.69, 9.17) is 15.3 Å². The van der Waals surface area contributed by atoms with Crippen LogP contribution in [0.1, 0.15) is 0 Å². The standard InChI is InChI=1S/C6H13NO4.ClH/c8-2-4(10)5-6(11)3(9)1-7-5;/h3-11H,1-2H2;1H/t3-,4+,5+,6-;/m0./s1. The van der Waals surface area contributed by atoms with Gasteiger partial charge in [-0.25, -0.2) is 0 Å². The average Bonchev–Trinajstić information content (AvgIpc) is 2.32. The van der Waals surface area contributed by atoms with Gasteiger partial charge in [0.25, 0.3) is 0 Å². The number of β-amino-alcohol motifs (C(OH)–C–C–N with tert-alkyl or cyclic N) is 1. The molecule has 0 aromatic heterocycles. The van der Waals surface area contributed by atoms with Crippen molar-refractivity contribution in [1.29, 1.82) is 0 Å². The van der Waals surface area contributed by atoms with E-state index in [2.05, 4.69) is 5.32 Å². The van der Waals surface area contributed by atoms with Gasteiger partial charge in [-0.05, 0) is 0 Å².